The predicted molar refractivity (Wildman–Crippen MR) is 114 cm³/mol. The van der Waals surface area contributed by atoms with Crippen LogP contribution in [0.15, 0.2) is 11.6 Å². The fraction of sp³-hybridized carbons (Fsp3) is 0.688. The number of carbonyl (C=O) groups excluding carboxylic acids is 2. The number of carbonyl (C=O) groups is 2. The Hall–Kier alpha value is 0.0200. The van der Waals surface area contributed by atoms with Crippen LogP contribution in [0.2, 0.25) is 0 Å². The van der Waals surface area contributed by atoms with E-state index in [2.05, 4.69) is 10.3 Å². The lowest BCUT2D eigenvalue weighted by atomic mass is 10.00. The first-order valence-electron chi connectivity index (χ1n) is 8.20. The summed E-state index contributed by atoms with van der Waals surface area (Å²) in [7, 11) is 1.55. The Morgan fingerprint density at radius 2 is 1.93 bits per heavy atom. The van der Waals surface area contributed by atoms with Crippen molar-refractivity contribution in [3.63, 3.8) is 0 Å². The summed E-state index contributed by atoms with van der Waals surface area (Å²) in [4.78, 5) is 30.1. The Balaban J connectivity index is 2.87. The van der Waals surface area contributed by atoms with Gasteiger partial charge < -0.3 is 10.2 Å². The molecule has 11 heteroatoms. The number of hydrogen-bond donors (Lipinski definition) is 1. The first-order valence-corrected chi connectivity index (χ1v) is 11.1. The van der Waals surface area contributed by atoms with Crippen LogP contribution in [-0.4, -0.2) is 43.4 Å². The van der Waals surface area contributed by atoms with Crippen molar-refractivity contribution in [2.45, 2.75) is 47.9 Å². The summed E-state index contributed by atoms with van der Waals surface area (Å²) in [5.74, 6) is -1.32. The number of nitrogens with one attached hydrogen (secondary N) is 1. The third kappa shape index (κ3) is 8.50. The normalized spacial score (nSPS) is 15.3. The third-order valence-electron chi connectivity index (χ3n) is 4.12. The lowest BCUT2D eigenvalue weighted by molar-refractivity contribution is -0.140. The van der Waals surface area contributed by atoms with Gasteiger partial charge in [0, 0.05) is 31.0 Å². The molecule has 0 spiro atoms. The zero-order chi connectivity index (χ0) is 20.8. The molecule has 0 aromatic carbocycles. The SMILES string of the molecule is CC(CC(=O)N(C)[C@@H](C[C@@H](C)C(Cl)(Cl)Cl)C(=O)NCc1nccs1)C(Cl)Cl. The molecule has 0 aliphatic rings. The van der Waals surface area contributed by atoms with Crippen molar-refractivity contribution < 1.29 is 9.59 Å². The molecule has 0 fully saturated rings. The van der Waals surface area contributed by atoms with Gasteiger partial charge in [-0.1, -0.05) is 48.7 Å². The van der Waals surface area contributed by atoms with Crippen molar-refractivity contribution in [3.05, 3.63) is 16.6 Å². The molecule has 0 saturated heterocycles. The van der Waals surface area contributed by atoms with Crippen LogP contribution in [0, 0.1) is 11.8 Å². The molecule has 0 bridgehead atoms. The number of rotatable bonds is 9. The van der Waals surface area contributed by atoms with Crippen LogP contribution in [0.1, 0.15) is 31.7 Å². The average molecular weight is 498 g/mol. The molecule has 5 nitrogen and oxygen atoms in total. The lowest BCUT2D eigenvalue weighted by Gasteiger charge is -2.32. The van der Waals surface area contributed by atoms with Crippen LogP contribution < -0.4 is 5.32 Å². The number of amides is 2. The summed E-state index contributed by atoms with van der Waals surface area (Å²) in [6.07, 6.45) is 1.94. The number of likely N-dealkylation sites (N-methyl/N-ethyl adjacent to an activating group) is 1. The lowest BCUT2D eigenvalue weighted by Crippen LogP contribution is -2.49. The number of alkyl halides is 5. The predicted octanol–water partition coefficient (Wildman–Crippen LogP) is 4.81. The van der Waals surface area contributed by atoms with Crippen molar-refractivity contribution in [1.82, 2.24) is 15.2 Å². The van der Waals surface area contributed by atoms with Gasteiger partial charge in [0.1, 0.15) is 15.9 Å². The van der Waals surface area contributed by atoms with Crippen molar-refractivity contribution >= 4 is 81.2 Å². The molecule has 1 heterocycles. The van der Waals surface area contributed by atoms with Crippen LogP contribution in [-0.2, 0) is 16.1 Å². The monoisotopic (exact) mass is 495 g/mol. The molecule has 0 saturated carbocycles. The van der Waals surface area contributed by atoms with Gasteiger partial charge in [0.2, 0.25) is 11.8 Å². The molecule has 1 N–H and O–H groups in total. The molecule has 1 unspecified atom stereocenters. The highest BCUT2D eigenvalue weighted by atomic mass is 35.6. The molecule has 154 valence electrons. The molecule has 27 heavy (non-hydrogen) atoms. The quantitative estimate of drug-likeness (QED) is 0.498. The fourth-order valence-corrected chi connectivity index (χ4v) is 3.21. The van der Waals surface area contributed by atoms with Crippen molar-refractivity contribution in [1.29, 1.82) is 0 Å². The maximum absolute atomic E-state index is 12.8. The smallest absolute Gasteiger partial charge is 0.243 e. The molecule has 0 aliphatic heterocycles. The van der Waals surface area contributed by atoms with Gasteiger partial charge in [-0.2, -0.15) is 0 Å². The molecule has 0 radical (unpaired) electrons. The van der Waals surface area contributed by atoms with Crippen molar-refractivity contribution in [2.24, 2.45) is 11.8 Å². The van der Waals surface area contributed by atoms with E-state index in [-0.39, 0.29) is 37.1 Å². The molecule has 3 atom stereocenters. The number of nitrogens with zero attached hydrogens (tertiary/aromatic N) is 2. The first-order chi connectivity index (χ1) is 12.4. The third-order valence-corrected chi connectivity index (χ3v) is 6.88. The summed E-state index contributed by atoms with van der Waals surface area (Å²) < 4.78 is -1.55. The Morgan fingerprint density at radius 1 is 1.30 bits per heavy atom. The number of aromatic nitrogens is 1. The standard InChI is InChI=1S/C16H22Cl5N3O2S/c1-9(14(17)18)6-13(25)24(3)11(7-10(2)16(19,20)21)15(26)23-8-12-22-4-5-27-12/h4-5,9-11,14H,6-8H2,1-3H3,(H,23,26)/t9?,10-,11+/m1/s1. The van der Waals surface area contributed by atoms with Crippen molar-refractivity contribution in [3.8, 4) is 0 Å². The molecular weight excluding hydrogens is 476 g/mol. The van der Waals surface area contributed by atoms with Crippen LogP contribution in [0.3, 0.4) is 0 Å². The molecule has 0 aliphatic carbocycles. The van der Waals surface area contributed by atoms with E-state index in [0.717, 1.165) is 5.01 Å². The largest absolute Gasteiger partial charge is 0.348 e. The van der Waals surface area contributed by atoms with Gasteiger partial charge in [-0.05, 0) is 12.3 Å². The summed E-state index contributed by atoms with van der Waals surface area (Å²) in [5, 5.41) is 5.36. The van der Waals surface area contributed by atoms with Crippen LogP contribution in [0.4, 0.5) is 0 Å². The maximum Gasteiger partial charge on any atom is 0.243 e. The Morgan fingerprint density at radius 3 is 2.41 bits per heavy atom. The molecular formula is C16H22Cl5N3O2S. The minimum Gasteiger partial charge on any atom is -0.348 e. The van der Waals surface area contributed by atoms with Gasteiger partial charge in [0.05, 0.1) is 6.54 Å². The van der Waals surface area contributed by atoms with Crippen LogP contribution in [0.25, 0.3) is 0 Å². The van der Waals surface area contributed by atoms with E-state index >= 15 is 0 Å². The molecule has 1 rings (SSSR count). The zero-order valence-corrected chi connectivity index (χ0v) is 19.7. The summed E-state index contributed by atoms with van der Waals surface area (Å²) >= 11 is 30.9. The van der Waals surface area contributed by atoms with Gasteiger partial charge in [-0.15, -0.1) is 34.5 Å². The second-order valence-electron chi connectivity index (χ2n) is 6.36. The van der Waals surface area contributed by atoms with Gasteiger partial charge >= 0.3 is 0 Å². The van der Waals surface area contributed by atoms with E-state index in [9.17, 15) is 9.59 Å². The molecule has 2 amide bonds. The highest BCUT2D eigenvalue weighted by molar-refractivity contribution is 7.09. The van der Waals surface area contributed by atoms with Gasteiger partial charge in [0.25, 0.3) is 0 Å². The van der Waals surface area contributed by atoms with E-state index in [0.29, 0.717) is 0 Å². The van der Waals surface area contributed by atoms with Gasteiger partial charge in [-0.25, -0.2) is 4.98 Å². The Kier molecular flexibility index (Phi) is 10.5. The summed E-state index contributed by atoms with van der Waals surface area (Å²) in [5.41, 5.74) is 0. The van der Waals surface area contributed by atoms with E-state index in [1.807, 2.05) is 5.38 Å². The minimum atomic E-state index is -1.55. The fourth-order valence-electron chi connectivity index (χ4n) is 2.21. The summed E-state index contributed by atoms with van der Waals surface area (Å²) in [6, 6.07) is -0.806. The Bertz CT molecular complexity index is 610. The maximum atomic E-state index is 12.8. The van der Waals surface area contributed by atoms with E-state index < -0.39 is 20.6 Å². The highest BCUT2D eigenvalue weighted by Crippen LogP contribution is 2.38. The van der Waals surface area contributed by atoms with Crippen molar-refractivity contribution in [2.75, 3.05) is 7.05 Å². The van der Waals surface area contributed by atoms with Gasteiger partial charge in [-0.3, -0.25) is 9.59 Å². The van der Waals surface area contributed by atoms with E-state index in [1.54, 1.807) is 27.1 Å². The first kappa shape index (κ1) is 25.1. The van der Waals surface area contributed by atoms with Crippen LogP contribution >= 0.6 is 69.3 Å². The second kappa shape index (κ2) is 11.3. The molecule has 1 aromatic rings. The number of halogens is 5. The summed E-state index contributed by atoms with van der Waals surface area (Å²) in [6.45, 7) is 3.74. The Labute approximate surface area is 188 Å². The van der Waals surface area contributed by atoms with E-state index in [4.69, 9.17) is 58.0 Å². The highest BCUT2D eigenvalue weighted by Gasteiger charge is 2.36. The second-order valence-corrected chi connectivity index (χ2v) is 10.9. The number of hydrogen-bond acceptors (Lipinski definition) is 4. The molecule has 1 aromatic heterocycles. The zero-order valence-electron chi connectivity index (χ0n) is 15.1. The van der Waals surface area contributed by atoms with E-state index in [1.165, 1.54) is 16.2 Å². The van der Waals surface area contributed by atoms with Crippen LogP contribution in [0.5, 0.6) is 0 Å². The van der Waals surface area contributed by atoms with Gasteiger partial charge in [0.15, 0.2) is 3.79 Å². The topological polar surface area (TPSA) is 62.3 Å². The number of thiazole rings is 1. The minimum absolute atomic E-state index is 0.104. The average Bonchev–Trinajstić information content (AvgIpc) is 3.08.